The Morgan fingerprint density at radius 1 is 1.17 bits per heavy atom. The highest BCUT2D eigenvalue weighted by atomic mass is 16.5. The molecule has 0 aliphatic heterocycles. The summed E-state index contributed by atoms with van der Waals surface area (Å²) >= 11 is 0. The van der Waals surface area contributed by atoms with E-state index < -0.39 is 0 Å². The highest BCUT2D eigenvalue weighted by Gasteiger charge is 2.07. The van der Waals surface area contributed by atoms with Gasteiger partial charge in [-0.2, -0.15) is 0 Å². The van der Waals surface area contributed by atoms with E-state index in [1.165, 1.54) is 0 Å². The van der Waals surface area contributed by atoms with E-state index in [4.69, 9.17) is 4.74 Å². The summed E-state index contributed by atoms with van der Waals surface area (Å²) in [5.74, 6) is -0.193. The minimum atomic E-state index is -0.359. The first-order valence-corrected chi connectivity index (χ1v) is 5.67. The van der Waals surface area contributed by atoms with Gasteiger partial charge in [-0.05, 0) is 36.8 Å². The van der Waals surface area contributed by atoms with Crippen LogP contribution in [0.25, 0.3) is 0 Å². The van der Waals surface area contributed by atoms with E-state index in [1.54, 1.807) is 36.4 Å². The average molecular weight is 242 g/mol. The van der Waals surface area contributed by atoms with E-state index in [9.17, 15) is 9.90 Å². The van der Waals surface area contributed by atoms with Gasteiger partial charge in [-0.15, -0.1) is 0 Å². The molecule has 92 valence electrons. The molecular weight excluding hydrogens is 228 g/mol. The second kappa shape index (κ2) is 5.36. The van der Waals surface area contributed by atoms with Crippen molar-refractivity contribution >= 4 is 5.97 Å². The summed E-state index contributed by atoms with van der Waals surface area (Å²) in [5, 5.41) is 9.29. The molecule has 0 atom stereocenters. The van der Waals surface area contributed by atoms with Gasteiger partial charge in [0.05, 0.1) is 5.56 Å². The third-order valence-corrected chi connectivity index (χ3v) is 2.53. The molecule has 2 aromatic rings. The number of benzene rings is 2. The van der Waals surface area contributed by atoms with Crippen LogP contribution in [-0.4, -0.2) is 11.1 Å². The first-order chi connectivity index (χ1) is 8.65. The molecule has 3 heteroatoms. The Labute approximate surface area is 106 Å². The number of rotatable bonds is 3. The number of hydrogen-bond donors (Lipinski definition) is 1. The molecule has 0 amide bonds. The zero-order valence-electron chi connectivity index (χ0n) is 10.1. The van der Waals surface area contributed by atoms with Crippen molar-refractivity contribution in [3.8, 4) is 5.75 Å². The molecule has 18 heavy (non-hydrogen) atoms. The molecule has 1 N–H and O–H groups in total. The molecule has 0 saturated heterocycles. The standard InChI is InChI=1S/C15H14O3/c1-11-4-2-6-13(8-11)15(17)18-10-12-5-3-7-14(16)9-12/h2-9,16H,10H2,1H3. The van der Waals surface area contributed by atoms with Gasteiger partial charge in [-0.1, -0.05) is 29.8 Å². The van der Waals surface area contributed by atoms with Gasteiger partial charge in [0, 0.05) is 0 Å². The Hall–Kier alpha value is -2.29. The molecule has 0 saturated carbocycles. The van der Waals surface area contributed by atoms with Gasteiger partial charge in [0.25, 0.3) is 0 Å². The van der Waals surface area contributed by atoms with Crippen LogP contribution in [0.1, 0.15) is 21.5 Å². The molecule has 0 aliphatic rings. The van der Waals surface area contributed by atoms with E-state index in [0.717, 1.165) is 11.1 Å². The van der Waals surface area contributed by atoms with Crippen molar-refractivity contribution in [3.05, 3.63) is 65.2 Å². The molecule has 2 rings (SSSR count). The van der Waals surface area contributed by atoms with Gasteiger partial charge >= 0.3 is 5.97 Å². The molecule has 0 fully saturated rings. The molecular formula is C15H14O3. The number of esters is 1. The zero-order valence-corrected chi connectivity index (χ0v) is 10.1. The summed E-state index contributed by atoms with van der Waals surface area (Å²) in [5.41, 5.74) is 2.31. The van der Waals surface area contributed by atoms with Crippen LogP contribution in [0.2, 0.25) is 0 Å². The summed E-state index contributed by atoms with van der Waals surface area (Å²) in [6.45, 7) is 2.08. The average Bonchev–Trinajstić information content (AvgIpc) is 2.36. The Morgan fingerprint density at radius 3 is 2.67 bits per heavy atom. The van der Waals surface area contributed by atoms with Crippen molar-refractivity contribution in [3.63, 3.8) is 0 Å². The van der Waals surface area contributed by atoms with Gasteiger partial charge in [0.15, 0.2) is 0 Å². The highest BCUT2D eigenvalue weighted by molar-refractivity contribution is 5.89. The molecule has 3 nitrogen and oxygen atoms in total. The first-order valence-electron chi connectivity index (χ1n) is 5.67. The largest absolute Gasteiger partial charge is 0.508 e. The Balaban J connectivity index is 2.00. The summed E-state index contributed by atoms with van der Waals surface area (Å²) in [6, 6.07) is 13.9. The van der Waals surface area contributed by atoms with E-state index in [1.807, 2.05) is 19.1 Å². The van der Waals surface area contributed by atoms with Gasteiger partial charge in [-0.3, -0.25) is 0 Å². The SMILES string of the molecule is Cc1cccc(C(=O)OCc2cccc(O)c2)c1. The van der Waals surface area contributed by atoms with Crippen molar-refractivity contribution in [1.82, 2.24) is 0 Å². The number of ether oxygens (including phenoxy) is 1. The van der Waals surface area contributed by atoms with Gasteiger partial charge < -0.3 is 9.84 Å². The number of aryl methyl sites for hydroxylation is 1. The number of phenols is 1. The Morgan fingerprint density at radius 2 is 1.94 bits per heavy atom. The van der Waals surface area contributed by atoms with Crippen molar-refractivity contribution in [1.29, 1.82) is 0 Å². The third-order valence-electron chi connectivity index (χ3n) is 2.53. The van der Waals surface area contributed by atoms with Crippen LogP contribution in [0, 0.1) is 6.92 Å². The number of carbonyl (C=O) groups is 1. The molecule has 2 aromatic carbocycles. The maximum atomic E-state index is 11.8. The monoisotopic (exact) mass is 242 g/mol. The topological polar surface area (TPSA) is 46.5 Å². The lowest BCUT2D eigenvalue weighted by molar-refractivity contribution is 0.0472. The van der Waals surface area contributed by atoms with Crippen LogP contribution in [-0.2, 0) is 11.3 Å². The fourth-order valence-corrected chi connectivity index (χ4v) is 1.65. The van der Waals surface area contributed by atoms with Crippen LogP contribution in [0.4, 0.5) is 0 Å². The summed E-state index contributed by atoms with van der Waals surface area (Å²) in [7, 11) is 0. The van der Waals surface area contributed by atoms with Gasteiger partial charge in [-0.25, -0.2) is 4.79 Å². The molecule has 0 aliphatic carbocycles. The van der Waals surface area contributed by atoms with Crippen LogP contribution >= 0.6 is 0 Å². The molecule has 0 radical (unpaired) electrons. The molecule has 0 spiro atoms. The number of hydrogen-bond acceptors (Lipinski definition) is 3. The van der Waals surface area contributed by atoms with Crippen molar-refractivity contribution in [2.24, 2.45) is 0 Å². The van der Waals surface area contributed by atoms with Gasteiger partial charge in [0.2, 0.25) is 0 Å². The first kappa shape index (κ1) is 12.2. The van der Waals surface area contributed by atoms with Gasteiger partial charge in [0.1, 0.15) is 12.4 Å². The van der Waals surface area contributed by atoms with E-state index >= 15 is 0 Å². The van der Waals surface area contributed by atoms with Crippen LogP contribution in [0.3, 0.4) is 0 Å². The predicted octanol–water partition coefficient (Wildman–Crippen LogP) is 3.06. The van der Waals surface area contributed by atoms with E-state index in [2.05, 4.69) is 0 Å². The zero-order chi connectivity index (χ0) is 13.0. The molecule has 0 heterocycles. The van der Waals surface area contributed by atoms with E-state index in [-0.39, 0.29) is 18.3 Å². The van der Waals surface area contributed by atoms with Crippen molar-refractivity contribution < 1.29 is 14.6 Å². The quantitative estimate of drug-likeness (QED) is 0.841. The van der Waals surface area contributed by atoms with E-state index in [0.29, 0.717) is 5.56 Å². The van der Waals surface area contributed by atoms with Crippen LogP contribution in [0.15, 0.2) is 48.5 Å². The fourth-order valence-electron chi connectivity index (χ4n) is 1.65. The highest BCUT2D eigenvalue weighted by Crippen LogP contribution is 2.13. The Kier molecular flexibility index (Phi) is 3.63. The predicted molar refractivity (Wildman–Crippen MR) is 68.4 cm³/mol. The minimum Gasteiger partial charge on any atom is -0.508 e. The Bertz CT molecular complexity index is 561. The lowest BCUT2D eigenvalue weighted by Gasteiger charge is -2.05. The summed E-state index contributed by atoms with van der Waals surface area (Å²) in [4.78, 5) is 11.8. The fraction of sp³-hybridized carbons (Fsp3) is 0.133. The second-order valence-corrected chi connectivity index (χ2v) is 4.12. The van der Waals surface area contributed by atoms with Crippen molar-refractivity contribution in [2.45, 2.75) is 13.5 Å². The third kappa shape index (κ3) is 3.10. The maximum absolute atomic E-state index is 11.8. The summed E-state index contributed by atoms with van der Waals surface area (Å²) in [6.07, 6.45) is 0. The smallest absolute Gasteiger partial charge is 0.338 e. The van der Waals surface area contributed by atoms with Crippen LogP contribution in [0.5, 0.6) is 5.75 Å². The molecule has 0 unspecified atom stereocenters. The normalized spacial score (nSPS) is 10.1. The lowest BCUT2D eigenvalue weighted by atomic mass is 10.1. The maximum Gasteiger partial charge on any atom is 0.338 e. The number of carbonyl (C=O) groups excluding carboxylic acids is 1. The minimum absolute atomic E-state index is 0.154. The molecule has 0 aromatic heterocycles. The van der Waals surface area contributed by atoms with Crippen LogP contribution < -0.4 is 0 Å². The van der Waals surface area contributed by atoms with Crippen molar-refractivity contribution in [2.75, 3.05) is 0 Å². The lowest BCUT2D eigenvalue weighted by Crippen LogP contribution is -2.05. The molecule has 0 bridgehead atoms. The number of aromatic hydroxyl groups is 1. The number of phenolic OH excluding ortho intramolecular Hbond substituents is 1. The second-order valence-electron chi connectivity index (χ2n) is 4.12. The summed E-state index contributed by atoms with van der Waals surface area (Å²) < 4.78 is 5.17.